The van der Waals surface area contributed by atoms with Gasteiger partial charge in [0.1, 0.15) is 6.26 Å². The maximum absolute atomic E-state index is 11.6. The first kappa shape index (κ1) is 11.8. The van der Waals surface area contributed by atoms with E-state index in [2.05, 4.69) is 10.3 Å². The molecule has 2 aromatic rings. The first-order valence-corrected chi connectivity index (χ1v) is 5.22. The number of nitrogens with zero attached hydrogens (tertiary/aromatic N) is 1. The zero-order valence-electron chi connectivity index (χ0n) is 9.42. The number of oxazole rings is 1. The molecule has 0 saturated carbocycles. The quantitative estimate of drug-likeness (QED) is 0.837. The van der Waals surface area contributed by atoms with E-state index < -0.39 is 5.91 Å². The van der Waals surface area contributed by atoms with E-state index in [1.54, 1.807) is 24.3 Å². The predicted molar refractivity (Wildman–Crippen MR) is 63.8 cm³/mol. The molecule has 0 unspecified atom stereocenters. The van der Waals surface area contributed by atoms with Crippen LogP contribution in [0.15, 0.2) is 41.3 Å². The fourth-order valence-electron chi connectivity index (χ4n) is 1.41. The lowest BCUT2D eigenvalue weighted by atomic mass is 10.2. The van der Waals surface area contributed by atoms with Crippen molar-refractivity contribution in [3.63, 3.8) is 0 Å². The van der Waals surface area contributed by atoms with E-state index in [0.29, 0.717) is 16.9 Å². The van der Waals surface area contributed by atoms with Crippen LogP contribution in [0.3, 0.4) is 0 Å². The van der Waals surface area contributed by atoms with Crippen molar-refractivity contribution in [3.8, 4) is 0 Å². The monoisotopic (exact) mass is 245 g/mol. The Bertz CT molecular complexity index is 546. The highest BCUT2D eigenvalue weighted by molar-refractivity contribution is 5.95. The van der Waals surface area contributed by atoms with Crippen LogP contribution in [0.4, 0.5) is 5.69 Å². The normalized spacial score (nSPS) is 10.0. The van der Waals surface area contributed by atoms with Crippen LogP contribution in [-0.2, 0) is 11.2 Å². The van der Waals surface area contributed by atoms with Crippen LogP contribution in [-0.4, -0.2) is 16.8 Å². The highest BCUT2D eigenvalue weighted by Crippen LogP contribution is 2.09. The minimum Gasteiger partial charge on any atom is -0.451 e. The average molecular weight is 245 g/mol. The van der Waals surface area contributed by atoms with Crippen molar-refractivity contribution in [3.05, 3.63) is 48.2 Å². The summed E-state index contributed by atoms with van der Waals surface area (Å²) in [6, 6.07) is 6.32. The SMILES string of the molecule is NC(=O)c1ccc(NC(=O)Cc2cocn2)cc1. The van der Waals surface area contributed by atoms with E-state index >= 15 is 0 Å². The molecule has 0 spiro atoms. The summed E-state index contributed by atoms with van der Waals surface area (Å²) in [4.78, 5) is 26.3. The Hall–Kier alpha value is -2.63. The third kappa shape index (κ3) is 2.94. The molecule has 0 atom stereocenters. The molecule has 0 aliphatic carbocycles. The van der Waals surface area contributed by atoms with Gasteiger partial charge < -0.3 is 15.5 Å². The second-order valence-corrected chi connectivity index (χ2v) is 3.65. The van der Waals surface area contributed by atoms with Gasteiger partial charge in [0.05, 0.1) is 12.1 Å². The number of aromatic nitrogens is 1. The van der Waals surface area contributed by atoms with Crippen LogP contribution in [0.25, 0.3) is 0 Å². The highest BCUT2D eigenvalue weighted by Gasteiger charge is 2.06. The zero-order valence-corrected chi connectivity index (χ0v) is 9.42. The lowest BCUT2D eigenvalue weighted by Gasteiger charge is -2.04. The van der Waals surface area contributed by atoms with Gasteiger partial charge >= 0.3 is 0 Å². The van der Waals surface area contributed by atoms with Crippen molar-refractivity contribution in [2.75, 3.05) is 5.32 Å². The van der Waals surface area contributed by atoms with Crippen molar-refractivity contribution in [1.82, 2.24) is 4.98 Å². The first-order chi connectivity index (χ1) is 8.65. The smallest absolute Gasteiger partial charge is 0.248 e. The van der Waals surface area contributed by atoms with Crippen LogP contribution in [0, 0.1) is 0 Å². The molecule has 18 heavy (non-hydrogen) atoms. The van der Waals surface area contributed by atoms with Crippen LogP contribution < -0.4 is 11.1 Å². The number of hydrogen-bond acceptors (Lipinski definition) is 4. The molecule has 0 saturated heterocycles. The number of anilines is 1. The number of nitrogens with one attached hydrogen (secondary N) is 1. The number of carbonyl (C=O) groups excluding carboxylic acids is 2. The minimum absolute atomic E-state index is 0.133. The highest BCUT2D eigenvalue weighted by atomic mass is 16.3. The Kier molecular flexibility index (Phi) is 3.38. The second-order valence-electron chi connectivity index (χ2n) is 3.65. The summed E-state index contributed by atoms with van der Waals surface area (Å²) in [5, 5.41) is 2.67. The lowest BCUT2D eigenvalue weighted by molar-refractivity contribution is -0.115. The Balaban J connectivity index is 1.97. The van der Waals surface area contributed by atoms with Crippen molar-refractivity contribution < 1.29 is 14.0 Å². The van der Waals surface area contributed by atoms with E-state index in [-0.39, 0.29) is 12.3 Å². The number of primary amides is 1. The van der Waals surface area contributed by atoms with Gasteiger partial charge in [-0.25, -0.2) is 4.98 Å². The molecule has 0 aliphatic heterocycles. The van der Waals surface area contributed by atoms with Crippen LogP contribution in [0.1, 0.15) is 16.1 Å². The summed E-state index contributed by atoms with van der Waals surface area (Å²) in [5.41, 5.74) is 6.65. The Morgan fingerprint density at radius 1 is 1.28 bits per heavy atom. The summed E-state index contributed by atoms with van der Waals surface area (Å²) in [5.74, 6) is -0.716. The number of hydrogen-bond donors (Lipinski definition) is 2. The van der Waals surface area contributed by atoms with Gasteiger partial charge in [-0.05, 0) is 24.3 Å². The van der Waals surface area contributed by atoms with E-state index in [0.717, 1.165) is 0 Å². The molecule has 0 aliphatic rings. The molecule has 0 bridgehead atoms. The van der Waals surface area contributed by atoms with Crippen molar-refractivity contribution in [2.45, 2.75) is 6.42 Å². The Morgan fingerprint density at radius 2 is 2.00 bits per heavy atom. The maximum atomic E-state index is 11.6. The topological polar surface area (TPSA) is 98.2 Å². The van der Waals surface area contributed by atoms with Gasteiger partial charge in [0.25, 0.3) is 0 Å². The molecular formula is C12H11N3O3. The van der Waals surface area contributed by atoms with Gasteiger partial charge in [0.2, 0.25) is 11.8 Å². The summed E-state index contributed by atoms with van der Waals surface area (Å²) in [7, 11) is 0. The van der Waals surface area contributed by atoms with Gasteiger partial charge in [0.15, 0.2) is 6.39 Å². The van der Waals surface area contributed by atoms with E-state index in [9.17, 15) is 9.59 Å². The molecule has 2 rings (SSSR count). The number of benzene rings is 1. The minimum atomic E-state index is -0.504. The van der Waals surface area contributed by atoms with Crippen molar-refractivity contribution in [1.29, 1.82) is 0 Å². The standard InChI is InChI=1S/C12H11N3O3/c13-12(17)8-1-3-9(4-2-8)15-11(16)5-10-6-18-7-14-10/h1-4,6-7H,5H2,(H2,13,17)(H,15,16). The fourth-order valence-corrected chi connectivity index (χ4v) is 1.41. The van der Waals surface area contributed by atoms with Gasteiger partial charge in [-0.3, -0.25) is 9.59 Å². The Labute approximate surface area is 103 Å². The zero-order chi connectivity index (χ0) is 13.0. The molecule has 3 N–H and O–H groups in total. The molecule has 1 aromatic heterocycles. The number of carbonyl (C=O) groups is 2. The van der Waals surface area contributed by atoms with Crippen LogP contribution in [0.5, 0.6) is 0 Å². The Morgan fingerprint density at radius 3 is 2.56 bits per heavy atom. The van der Waals surface area contributed by atoms with Gasteiger partial charge in [-0.1, -0.05) is 0 Å². The number of nitrogens with two attached hydrogens (primary N) is 1. The molecule has 1 aromatic carbocycles. The molecule has 6 nitrogen and oxygen atoms in total. The summed E-state index contributed by atoms with van der Waals surface area (Å²) >= 11 is 0. The molecule has 2 amide bonds. The molecule has 92 valence electrons. The van der Waals surface area contributed by atoms with Gasteiger partial charge in [-0.2, -0.15) is 0 Å². The van der Waals surface area contributed by atoms with E-state index in [4.69, 9.17) is 10.2 Å². The second kappa shape index (κ2) is 5.13. The third-order valence-corrected chi connectivity index (χ3v) is 2.28. The van der Waals surface area contributed by atoms with E-state index in [1.807, 2.05) is 0 Å². The molecular weight excluding hydrogens is 234 g/mol. The lowest BCUT2D eigenvalue weighted by Crippen LogP contribution is -2.15. The van der Waals surface area contributed by atoms with Gasteiger partial charge in [-0.15, -0.1) is 0 Å². The third-order valence-electron chi connectivity index (χ3n) is 2.28. The van der Waals surface area contributed by atoms with Crippen molar-refractivity contribution in [2.24, 2.45) is 5.73 Å². The summed E-state index contributed by atoms with van der Waals surface area (Å²) in [6.07, 6.45) is 2.81. The molecule has 1 heterocycles. The predicted octanol–water partition coefficient (Wildman–Crippen LogP) is 0.955. The average Bonchev–Trinajstić information content (AvgIpc) is 2.82. The first-order valence-electron chi connectivity index (χ1n) is 5.22. The van der Waals surface area contributed by atoms with Crippen LogP contribution in [0.2, 0.25) is 0 Å². The van der Waals surface area contributed by atoms with Crippen LogP contribution >= 0.6 is 0 Å². The summed E-state index contributed by atoms with van der Waals surface area (Å²) < 4.78 is 4.77. The summed E-state index contributed by atoms with van der Waals surface area (Å²) in [6.45, 7) is 0. The molecule has 6 heteroatoms. The van der Waals surface area contributed by atoms with Gasteiger partial charge in [0, 0.05) is 11.3 Å². The van der Waals surface area contributed by atoms with Crippen molar-refractivity contribution >= 4 is 17.5 Å². The molecule has 0 fully saturated rings. The number of amides is 2. The maximum Gasteiger partial charge on any atom is 0.248 e. The number of rotatable bonds is 4. The van der Waals surface area contributed by atoms with E-state index in [1.165, 1.54) is 12.7 Å². The largest absolute Gasteiger partial charge is 0.451 e. The molecule has 0 radical (unpaired) electrons. The fraction of sp³-hybridized carbons (Fsp3) is 0.0833.